The largest absolute Gasteiger partial charge is 0.475 e. The van der Waals surface area contributed by atoms with Crippen LogP contribution in [-0.4, -0.2) is 28.4 Å². The Bertz CT molecular complexity index is 767. The molecule has 0 fully saturated rings. The number of hydrogen-bond donors (Lipinski definition) is 1. The summed E-state index contributed by atoms with van der Waals surface area (Å²) in [6, 6.07) is 9.99. The molecule has 2 aromatic rings. The van der Waals surface area contributed by atoms with E-state index in [1.54, 1.807) is 30.3 Å². The van der Waals surface area contributed by atoms with Crippen molar-refractivity contribution < 1.29 is 28.7 Å². The van der Waals surface area contributed by atoms with Crippen molar-refractivity contribution in [1.82, 2.24) is 0 Å². The van der Waals surface area contributed by atoms with Crippen molar-refractivity contribution in [2.75, 3.05) is 0 Å². The number of carboxylic acids is 1. The van der Waals surface area contributed by atoms with Gasteiger partial charge in [-0.05, 0) is 24.6 Å². The van der Waals surface area contributed by atoms with Crippen LogP contribution < -0.4 is 0 Å². The molecule has 0 atom stereocenters. The van der Waals surface area contributed by atoms with Crippen molar-refractivity contribution in [3.63, 3.8) is 0 Å². The molecule has 1 aromatic heterocycles. The third-order valence-electron chi connectivity index (χ3n) is 3.23. The Labute approximate surface area is 131 Å². The summed E-state index contributed by atoms with van der Waals surface area (Å²) in [7, 11) is 0. The Kier molecular flexibility index (Phi) is 4.85. The van der Waals surface area contributed by atoms with E-state index in [1.807, 2.05) is 0 Å². The van der Waals surface area contributed by atoms with Crippen molar-refractivity contribution in [2.45, 2.75) is 19.8 Å². The molecule has 0 aliphatic carbocycles. The summed E-state index contributed by atoms with van der Waals surface area (Å²) in [6.45, 7) is 1.48. The second-order valence-electron chi connectivity index (χ2n) is 5.02. The smallest absolute Gasteiger partial charge is 0.372 e. The van der Waals surface area contributed by atoms with Gasteiger partial charge in [0.2, 0.25) is 11.6 Å². The van der Waals surface area contributed by atoms with Crippen LogP contribution in [0.1, 0.15) is 45.6 Å². The van der Waals surface area contributed by atoms with E-state index >= 15 is 0 Å². The van der Waals surface area contributed by atoms with Crippen LogP contribution in [0.2, 0.25) is 0 Å². The number of carbonyl (C=O) groups excluding carboxylic acids is 3. The molecule has 23 heavy (non-hydrogen) atoms. The molecule has 0 amide bonds. The lowest BCUT2D eigenvalue weighted by Gasteiger charge is -2.00. The molecule has 0 aliphatic heterocycles. The van der Waals surface area contributed by atoms with E-state index in [2.05, 4.69) is 0 Å². The second-order valence-corrected chi connectivity index (χ2v) is 5.02. The molecule has 0 unspecified atom stereocenters. The molecule has 0 radical (unpaired) electrons. The van der Waals surface area contributed by atoms with Crippen LogP contribution in [0.5, 0.6) is 0 Å². The molecule has 6 heteroatoms. The third kappa shape index (κ3) is 4.23. The SMILES string of the molecule is CC(=O)c1ccc(Cc2ccc(C(=O)CC(=O)C(=O)O)o2)cc1. The lowest BCUT2D eigenvalue weighted by Crippen LogP contribution is -2.16. The minimum Gasteiger partial charge on any atom is -0.475 e. The van der Waals surface area contributed by atoms with Crippen LogP contribution in [0, 0.1) is 0 Å². The Morgan fingerprint density at radius 1 is 1.00 bits per heavy atom. The van der Waals surface area contributed by atoms with Crippen molar-refractivity contribution in [3.8, 4) is 0 Å². The fraction of sp³-hybridized carbons (Fsp3) is 0.176. The molecule has 0 saturated carbocycles. The van der Waals surface area contributed by atoms with E-state index < -0.39 is 24.0 Å². The highest BCUT2D eigenvalue weighted by atomic mass is 16.4. The zero-order valence-corrected chi connectivity index (χ0v) is 12.4. The Morgan fingerprint density at radius 3 is 2.22 bits per heavy atom. The summed E-state index contributed by atoms with van der Waals surface area (Å²) in [5.74, 6) is -3.05. The van der Waals surface area contributed by atoms with Gasteiger partial charge in [-0.25, -0.2) is 4.79 Å². The number of carbonyl (C=O) groups is 4. The number of furan rings is 1. The molecule has 1 heterocycles. The first-order chi connectivity index (χ1) is 10.9. The van der Waals surface area contributed by atoms with Gasteiger partial charge in [-0.3, -0.25) is 14.4 Å². The summed E-state index contributed by atoms with van der Waals surface area (Å²) in [6.07, 6.45) is -0.312. The van der Waals surface area contributed by atoms with E-state index in [0.717, 1.165) is 5.56 Å². The molecule has 0 aliphatic rings. The third-order valence-corrected chi connectivity index (χ3v) is 3.23. The summed E-state index contributed by atoms with van der Waals surface area (Å²) in [5.41, 5.74) is 1.50. The monoisotopic (exact) mass is 314 g/mol. The predicted octanol–water partition coefficient (Wildman–Crippen LogP) is 2.30. The molecular formula is C17H14O6. The van der Waals surface area contributed by atoms with Gasteiger partial charge in [0.1, 0.15) is 5.76 Å². The first-order valence-electron chi connectivity index (χ1n) is 6.84. The van der Waals surface area contributed by atoms with E-state index in [9.17, 15) is 19.2 Å². The highest BCUT2D eigenvalue weighted by Crippen LogP contribution is 2.16. The Hall–Kier alpha value is -3.02. The van der Waals surface area contributed by atoms with Crippen LogP contribution >= 0.6 is 0 Å². The van der Waals surface area contributed by atoms with Gasteiger partial charge in [0.25, 0.3) is 0 Å². The Morgan fingerprint density at radius 2 is 1.65 bits per heavy atom. The topological polar surface area (TPSA) is 102 Å². The van der Waals surface area contributed by atoms with Crippen molar-refractivity contribution in [1.29, 1.82) is 0 Å². The van der Waals surface area contributed by atoms with Crippen molar-refractivity contribution >= 4 is 23.3 Å². The number of aliphatic carboxylic acids is 1. The van der Waals surface area contributed by atoms with Gasteiger partial charge in [-0.1, -0.05) is 24.3 Å². The maximum absolute atomic E-state index is 11.7. The highest BCUT2D eigenvalue weighted by molar-refractivity contribution is 6.37. The molecule has 118 valence electrons. The van der Waals surface area contributed by atoms with Crippen LogP contribution in [-0.2, 0) is 16.0 Å². The predicted molar refractivity (Wildman–Crippen MR) is 79.6 cm³/mol. The number of rotatable bonds is 7. The minimum atomic E-state index is -1.64. The van der Waals surface area contributed by atoms with E-state index in [-0.39, 0.29) is 11.5 Å². The number of ketones is 3. The summed E-state index contributed by atoms with van der Waals surface area (Å²) < 4.78 is 5.35. The number of hydrogen-bond acceptors (Lipinski definition) is 5. The van der Waals surface area contributed by atoms with E-state index in [1.165, 1.54) is 13.0 Å². The number of carboxylic acid groups (broad SMARTS) is 1. The quantitative estimate of drug-likeness (QED) is 0.478. The first-order valence-corrected chi connectivity index (χ1v) is 6.84. The second kappa shape index (κ2) is 6.83. The number of Topliss-reactive ketones (excluding diaryl/α,β-unsaturated/α-hetero) is 3. The lowest BCUT2D eigenvalue weighted by molar-refractivity contribution is -0.148. The van der Waals surface area contributed by atoms with E-state index in [0.29, 0.717) is 17.7 Å². The maximum Gasteiger partial charge on any atom is 0.372 e. The number of benzene rings is 1. The standard InChI is InChI=1S/C17H14O6/c1-10(18)12-4-2-11(3-5-12)8-13-6-7-16(23-13)14(19)9-15(20)17(21)22/h2-7H,8-9H2,1H3,(H,21,22). The molecule has 1 aromatic carbocycles. The molecule has 1 N–H and O–H groups in total. The van der Waals surface area contributed by atoms with Gasteiger partial charge in [0.15, 0.2) is 11.5 Å². The van der Waals surface area contributed by atoms with Crippen LogP contribution in [0.25, 0.3) is 0 Å². The van der Waals surface area contributed by atoms with Crippen LogP contribution in [0.4, 0.5) is 0 Å². The minimum absolute atomic E-state index is 0.0227. The molecule has 0 spiro atoms. The van der Waals surface area contributed by atoms with Crippen LogP contribution in [0.15, 0.2) is 40.8 Å². The Balaban J connectivity index is 2.04. The van der Waals surface area contributed by atoms with Gasteiger partial charge in [0, 0.05) is 12.0 Å². The summed E-state index contributed by atoms with van der Waals surface area (Å²) >= 11 is 0. The van der Waals surface area contributed by atoms with Gasteiger partial charge >= 0.3 is 5.97 Å². The fourth-order valence-corrected chi connectivity index (χ4v) is 1.99. The van der Waals surface area contributed by atoms with Gasteiger partial charge < -0.3 is 9.52 Å². The maximum atomic E-state index is 11.7. The molecule has 0 bridgehead atoms. The lowest BCUT2D eigenvalue weighted by atomic mass is 10.1. The van der Waals surface area contributed by atoms with E-state index in [4.69, 9.17) is 9.52 Å². The summed E-state index contributed by atoms with van der Waals surface area (Å²) in [4.78, 5) is 44.4. The average molecular weight is 314 g/mol. The fourth-order valence-electron chi connectivity index (χ4n) is 1.99. The zero-order valence-electron chi connectivity index (χ0n) is 12.4. The zero-order chi connectivity index (χ0) is 17.0. The van der Waals surface area contributed by atoms with Gasteiger partial charge in [0.05, 0.1) is 6.42 Å². The van der Waals surface area contributed by atoms with Crippen molar-refractivity contribution in [2.24, 2.45) is 0 Å². The summed E-state index contributed by atoms with van der Waals surface area (Å²) in [5, 5.41) is 8.48. The normalized spacial score (nSPS) is 10.3. The molecule has 6 nitrogen and oxygen atoms in total. The highest BCUT2D eigenvalue weighted by Gasteiger charge is 2.20. The first kappa shape index (κ1) is 16.4. The van der Waals surface area contributed by atoms with Gasteiger partial charge in [-0.2, -0.15) is 0 Å². The molecule has 0 saturated heterocycles. The molecular weight excluding hydrogens is 300 g/mol. The van der Waals surface area contributed by atoms with Gasteiger partial charge in [-0.15, -0.1) is 0 Å². The molecule has 2 rings (SSSR count). The van der Waals surface area contributed by atoms with Crippen molar-refractivity contribution in [3.05, 3.63) is 59.0 Å². The van der Waals surface area contributed by atoms with Crippen LogP contribution in [0.3, 0.4) is 0 Å². The average Bonchev–Trinajstić information content (AvgIpc) is 2.96.